The Labute approximate surface area is 169 Å². The quantitative estimate of drug-likeness (QED) is 0.765. The molecule has 3 rings (SSSR count). The van der Waals surface area contributed by atoms with Gasteiger partial charge in [0.05, 0.1) is 19.1 Å². The number of amides is 3. The van der Waals surface area contributed by atoms with Crippen molar-refractivity contribution in [1.82, 2.24) is 15.8 Å². The van der Waals surface area contributed by atoms with Crippen LogP contribution >= 0.6 is 0 Å². The Morgan fingerprint density at radius 3 is 2.45 bits per heavy atom. The Kier molecular flexibility index (Phi) is 6.29. The van der Waals surface area contributed by atoms with E-state index in [1.807, 2.05) is 37.3 Å². The van der Waals surface area contributed by atoms with Crippen molar-refractivity contribution >= 4 is 23.8 Å². The van der Waals surface area contributed by atoms with Crippen LogP contribution in [0.5, 0.6) is 5.75 Å². The summed E-state index contributed by atoms with van der Waals surface area (Å²) in [6.45, 7) is 3.87. The number of carbonyl (C=O) groups excluding carboxylic acids is 3. The number of hydrogen-bond acceptors (Lipinski definition) is 4. The first kappa shape index (κ1) is 20.1. The second kappa shape index (κ2) is 9.05. The number of nitrogens with one attached hydrogen (secondary N) is 2. The minimum atomic E-state index is -0.436. The van der Waals surface area contributed by atoms with Crippen molar-refractivity contribution in [1.29, 1.82) is 0 Å². The van der Waals surface area contributed by atoms with E-state index >= 15 is 0 Å². The lowest BCUT2D eigenvalue weighted by atomic mass is 9.93. The highest BCUT2D eigenvalue weighted by atomic mass is 16.5. The molecule has 0 bridgehead atoms. The molecule has 1 heterocycles. The van der Waals surface area contributed by atoms with Crippen molar-refractivity contribution in [2.24, 2.45) is 0 Å². The molecule has 2 aromatic rings. The number of benzene rings is 2. The summed E-state index contributed by atoms with van der Waals surface area (Å²) in [7, 11) is 0. The van der Waals surface area contributed by atoms with Gasteiger partial charge in [-0.05, 0) is 48.4 Å². The smallest absolute Gasteiger partial charge is 0.269 e. The van der Waals surface area contributed by atoms with E-state index < -0.39 is 17.9 Å². The van der Waals surface area contributed by atoms with Crippen molar-refractivity contribution in [2.75, 3.05) is 6.61 Å². The summed E-state index contributed by atoms with van der Waals surface area (Å²) >= 11 is 0. The van der Waals surface area contributed by atoms with Crippen molar-refractivity contribution in [3.63, 3.8) is 0 Å². The third-order valence-electron chi connectivity index (χ3n) is 4.59. The molecule has 2 aromatic carbocycles. The van der Waals surface area contributed by atoms with E-state index in [9.17, 15) is 14.4 Å². The number of ether oxygens (including phenoxy) is 1. The molecule has 3 amide bonds. The highest BCUT2D eigenvalue weighted by Crippen LogP contribution is 2.32. The number of carbonyl (C=O) groups is 3. The number of fused-ring (bicyclic) bond motifs is 1. The topological polar surface area (TPSA) is 87.7 Å². The highest BCUT2D eigenvalue weighted by Gasteiger charge is 2.28. The van der Waals surface area contributed by atoms with Gasteiger partial charge in [-0.15, -0.1) is 0 Å². The standard InChI is InChI=1S/C22H23N3O4/c1-3-29-18-10-8-17(9-11-18)22(28)24-23-21(27)14-20-19-7-5-4-6-16(19)12-13-25(20)15(2)26/h4-13,20H,3,14H2,1-2H3,(H,23,27)(H,24,28)/t20-/m0/s1. The first-order valence-electron chi connectivity index (χ1n) is 9.37. The van der Waals surface area contributed by atoms with Crippen molar-refractivity contribution in [3.8, 4) is 5.75 Å². The van der Waals surface area contributed by atoms with E-state index in [-0.39, 0.29) is 12.3 Å². The zero-order chi connectivity index (χ0) is 20.8. The summed E-state index contributed by atoms with van der Waals surface area (Å²) in [5.74, 6) is -0.326. The zero-order valence-corrected chi connectivity index (χ0v) is 16.3. The van der Waals surface area contributed by atoms with E-state index in [0.717, 1.165) is 11.1 Å². The van der Waals surface area contributed by atoms with Crippen LogP contribution in [-0.2, 0) is 9.59 Å². The first-order valence-corrected chi connectivity index (χ1v) is 9.37. The van der Waals surface area contributed by atoms with Crippen LogP contribution in [0.3, 0.4) is 0 Å². The number of nitrogens with zero attached hydrogens (tertiary/aromatic N) is 1. The SMILES string of the molecule is CCOc1ccc(C(=O)NNC(=O)C[C@H]2c3ccccc3C=CN2C(C)=O)cc1. The lowest BCUT2D eigenvalue weighted by Gasteiger charge is -2.32. The Bertz CT molecular complexity index is 937. The van der Waals surface area contributed by atoms with Crippen LogP contribution in [0.4, 0.5) is 0 Å². The zero-order valence-electron chi connectivity index (χ0n) is 16.3. The van der Waals surface area contributed by atoms with Gasteiger partial charge >= 0.3 is 0 Å². The third-order valence-corrected chi connectivity index (χ3v) is 4.59. The van der Waals surface area contributed by atoms with Gasteiger partial charge in [0.2, 0.25) is 11.8 Å². The van der Waals surface area contributed by atoms with E-state index in [1.54, 1.807) is 30.5 Å². The van der Waals surface area contributed by atoms with Gasteiger partial charge in [-0.1, -0.05) is 24.3 Å². The molecule has 2 N–H and O–H groups in total. The molecule has 0 spiro atoms. The fourth-order valence-electron chi connectivity index (χ4n) is 3.21. The van der Waals surface area contributed by atoms with Gasteiger partial charge in [-0.2, -0.15) is 0 Å². The summed E-state index contributed by atoms with van der Waals surface area (Å²) in [5.41, 5.74) is 7.07. The molecular formula is C22H23N3O4. The Hall–Kier alpha value is -3.61. The van der Waals surface area contributed by atoms with Crippen molar-refractivity contribution in [2.45, 2.75) is 26.3 Å². The van der Waals surface area contributed by atoms with Crippen LogP contribution in [0.25, 0.3) is 6.08 Å². The monoisotopic (exact) mass is 393 g/mol. The summed E-state index contributed by atoms with van der Waals surface area (Å²) in [6, 6.07) is 13.8. The van der Waals surface area contributed by atoms with Crippen LogP contribution in [0.2, 0.25) is 0 Å². The molecule has 1 aliphatic rings. The molecule has 0 radical (unpaired) electrons. The second-order valence-corrected chi connectivity index (χ2v) is 6.55. The Morgan fingerprint density at radius 2 is 1.76 bits per heavy atom. The number of rotatable bonds is 5. The minimum Gasteiger partial charge on any atom is -0.494 e. The lowest BCUT2D eigenvalue weighted by Crippen LogP contribution is -2.43. The van der Waals surface area contributed by atoms with Gasteiger partial charge in [0, 0.05) is 18.7 Å². The predicted octanol–water partition coefficient (Wildman–Crippen LogP) is 2.81. The maximum atomic E-state index is 12.5. The normalized spacial score (nSPS) is 14.7. The molecule has 0 fully saturated rings. The van der Waals surface area contributed by atoms with Crippen LogP contribution in [0, 0.1) is 0 Å². The molecule has 0 aliphatic carbocycles. The maximum Gasteiger partial charge on any atom is 0.269 e. The summed E-state index contributed by atoms with van der Waals surface area (Å²) in [5, 5.41) is 0. The second-order valence-electron chi connectivity index (χ2n) is 6.55. The van der Waals surface area contributed by atoms with Crippen molar-refractivity contribution < 1.29 is 19.1 Å². The van der Waals surface area contributed by atoms with Gasteiger partial charge in [-0.25, -0.2) is 0 Å². The Morgan fingerprint density at radius 1 is 1.03 bits per heavy atom. The predicted molar refractivity (Wildman–Crippen MR) is 109 cm³/mol. The van der Waals surface area contributed by atoms with Gasteiger partial charge in [0.15, 0.2) is 0 Å². The van der Waals surface area contributed by atoms with Crippen molar-refractivity contribution in [3.05, 3.63) is 71.4 Å². The fourth-order valence-corrected chi connectivity index (χ4v) is 3.21. The average molecular weight is 393 g/mol. The van der Waals surface area contributed by atoms with Gasteiger partial charge in [-0.3, -0.25) is 25.2 Å². The molecule has 150 valence electrons. The van der Waals surface area contributed by atoms with Gasteiger partial charge in [0.25, 0.3) is 5.91 Å². The molecule has 1 aliphatic heterocycles. The number of hydrogen-bond donors (Lipinski definition) is 2. The molecule has 0 saturated carbocycles. The summed E-state index contributed by atoms with van der Waals surface area (Å²) < 4.78 is 5.34. The van der Waals surface area contributed by atoms with Crippen LogP contribution in [0.1, 0.15) is 47.8 Å². The first-order chi connectivity index (χ1) is 14.0. The third kappa shape index (κ3) is 4.82. The lowest BCUT2D eigenvalue weighted by molar-refractivity contribution is -0.130. The number of hydrazine groups is 1. The van der Waals surface area contributed by atoms with E-state index in [1.165, 1.54) is 11.8 Å². The van der Waals surface area contributed by atoms with E-state index in [2.05, 4.69) is 10.9 Å². The summed E-state index contributed by atoms with van der Waals surface area (Å²) in [6.07, 6.45) is 3.55. The molecule has 0 aromatic heterocycles. The maximum absolute atomic E-state index is 12.5. The summed E-state index contributed by atoms with van der Waals surface area (Å²) in [4.78, 5) is 38.2. The average Bonchev–Trinajstić information content (AvgIpc) is 2.73. The molecule has 0 unspecified atom stereocenters. The van der Waals surface area contributed by atoms with Crippen LogP contribution < -0.4 is 15.6 Å². The molecule has 0 saturated heterocycles. The Balaban J connectivity index is 1.62. The minimum absolute atomic E-state index is 0.0183. The van der Waals surface area contributed by atoms with E-state index in [4.69, 9.17) is 4.74 Å². The molecule has 1 atom stereocenters. The van der Waals surface area contributed by atoms with Crippen LogP contribution in [-0.4, -0.2) is 29.2 Å². The molecular weight excluding hydrogens is 370 g/mol. The van der Waals surface area contributed by atoms with Gasteiger partial charge in [0.1, 0.15) is 5.75 Å². The van der Waals surface area contributed by atoms with Gasteiger partial charge < -0.3 is 9.64 Å². The highest BCUT2D eigenvalue weighted by molar-refractivity contribution is 5.95. The molecule has 7 heteroatoms. The van der Waals surface area contributed by atoms with E-state index in [0.29, 0.717) is 17.9 Å². The largest absolute Gasteiger partial charge is 0.494 e. The molecule has 7 nitrogen and oxygen atoms in total. The fraction of sp³-hybridized carbons (Fsp3) is 0.227. The molecule has 29 heavy (non-hydrogen) atoms. The van der Waals surface area contributed by atoms with Crippen LogP contribution in [0.15, 0.2) is 54.7 Å².